The number of carbonyl (C=O) groups is 1. The van der Waals surface area contributed by atoms with Crippen molar-refractivity contribution in [1.82, 2.24) is 15.3 Å². The number of nitrogens with zero attached hydrogens (tertiary/aromatic N) is 3. The number of carbonyl (C=O) groups excluding carboxylic acids is 1. The molecule has 0 radical (unpaired) electrons. The molecule has 2 saturated heterocycles. The van der Waals surface area contributed by atoms with Crippen LogP contribution in [0.3, 0.4) is 0 Å². The molecule has 0 spiro atoms. The predicted octanol–water partition coefficient (Wildman–Crippen LogP) is 4.87. The Morgan fingerprint density at radius 2 is 1.66 bits per heavy atom. The van der Waals surface area contributed by atoms with Crippen LogP contribution in [0.15, 0.2) is 42.5 Å². The summed E-state index contributed by atoms with van der Waals surface area (Å²) in [6.07, 6.45) is 3.48. The summed E-state index contributed by atoms with van der Waals surface area (Å²) in [6.45, 7) is 9.06. The number of nitrogens with one attached hydrogen (secondary N) is 1. The lowest BCUT2D eigenvalue weighted by atomic mass is 9.94. The third kappa shape index (κ3) is 5.96. The van der Waals surface area contributed by atoms with Crippen molar-refractivity contribution in [3.05, 3.63) is 63.6 Å². The molecule has 2 aliphatic heterocycles. The Kier molecular flexibility index (Phi) is 7.95. The van der Waals surface area contributed by atoms with Crippen molar-refractivity contribution in [2.45, 2.75) is 26.2 Å². The van der Waals surface area contributed by atoms with E-state index in [0.29, 0.717) is 10.0 Å². The molecule has 0 bridgehead atoms. The summed E-state index contributed by atoms with van der Waals surface area (Å²) in [7, 11) is 0. The number of hydrogen-bond donors (Lipinski definition) is 1. The summed E-state index contributed by atoms with van der Waals surface area (Å²) in [6, 6.07) is 13.6. The zero-order valence-electron chi connectivity index (χ0n) is 18.7. The third-order valence-electron chi connectivity index (χ3n) is 6.69. The van der Waals surface area contributed by atoms with Crippen molar-refractivity contribution in [2.75, 3.05) is 50.7 Å². The molecule has 2 aromatic carbocycles. The van der Waals surface area contributed by atoms with E-state index < -0.39 is 0 Å². The van der Waals surface area contributed by atoms with Gasteiger partial charge in [0.1, 0.15) is 0 Å². The number of piperazine rings is 1. The lowest BCUT2D eigenvalue weighted by Crippen LogP contribution is -2.48. The van der Waals surface area contributed by atoms with Crippen LogP contribution < -0.4 is 10.3 Å². The molecule has 0 unspecified atom stereocenters. The van der Waals surface area contributed by atoms with E-state index in [0.717, 1.165) is 81.4 Å². The highest BCUT2D eigenvalue weighted by Crippen LogP contribution is 2.33. The van der Waals surface area contributed by atoms with E-state index in [9.17, 15) is 4.79 Å². The first-order valence-electron chi connectivity index (χ1n) is 11.5. The Labute approximate surface area is 201 Å². The van der Waals surface area contributed by atoms with Crippen LogP contribution in [0, 0.1) is 12.8 Å². The first-order chi connectivity index (χ1) is 15.5. The van der Waals surface area contributed by atoms with E-state index in [-0.39, 0.29) is 5.91 Å². The van der Waals surface area contributed by atoms with Crippen molar-refractivity contribution >= 4 is 34.8 Å². The average molecular weight is 475 g/mol. The van der Waals surface area contributed by atoms with Gasteiger partial charge in [-0.1, -0.05) is 47.0 Å². The second-order valence-corrected chi connectivity index (χ2v) is 9.71. The van der Waals surface area contributed by atoms with Gasteiger partial charge in [-0.2, -0.15) is 0 Å². The largest absolute Gasteiger partial charge is 0.368 e. The molecular weight excluding hydrogens is 443 g/mol. The van der Waals surface area contributed by atoms with Gasteiger partial charge >= 0.3 is 0 Å². The van der Waals surface area contributed by atoms with Gasteiger partial charge in [0.15, 0.2) is 0 Å². The first-order valence-corrected chi connectivity index (χ1v) is 12.3. The topological polar surface area (TPSA) is 38.8 Å². The normalized spacial score (nSPS) is 18.7. The van der Waals surface area contributed by atoms with Crippen LogP contribution in [0.25, 0.3) is 0 Å². The van der Waals surface area contributed by atoms with Gasteiger partial charge in [0.25, 0.3) is 5.91 Å². The molecule has 0 aromatic heterocycles. The average Bonchev–Trinajstić information content (AvgIpc) is 2.81. The Bertz CT molecular complexity index is 905. The molecule has 0 saturated carbocycles. The van der Waals surface area contributed by atoms with Crippen LogP contribution in [-0.2, 0) is 0 Å². The maximum Gasteiger partial charge on any atom is 0.265 e. The van der Waals surface area contributed by atoms with Gasteiger partial charge in [0.05, 0.1) is 15.7 Å². The highest BCUT2D eigenvalue weighted by Gasteiger charge is 2.23. The van der Waals surface area contributed by atoms with Crippen molar-refractivity contribution < 1.29 is 4.79 Å². The van der Waals surface area contributed by atoms with E-state index in [4.69, 9.17) is 23.2 Å². The smallest absolute Gasteiger partial charge is 0.265 e. The van der Waals surface area contributed by atoms with Gasteiger partial charge in [-0.3, -0.25) is 15.1 Å². The number of piperidine rings is 1. The van der Waals surface area contributed by atoms with Gasteiger partial charge < -0.3 is 4.90 Å². The van der Waals surface area contributed by atoms with E-state index >= 15 is 0 Å². The number of hydrogen-bond acceptors (Lipinski definition) is 4. The molecule has 0 aliphatic carbocycles. The van der Waals surface area contributed by atoms with Gasteiger partial charge in [0, 0.05) is 44.8 Å². The van der Waals surface area contributed by atoms with Gasteiger partial charge in [0.2, 0.25) is 0 Å². The summed E-state index contributed by atoms with van der Waals surface area (Å²) < 4.78 is 0. The quantitative estimate of drug-likeness (QED) is 0.647. The summed E-state index contributed by atoms with van der Waals surface area (Å²) in [5, 5.41) is 3.35. The van der Waals surface area contributed by atoms with Crippen LogP contribution >= 0.6 is 23.2 Å². The highest BCUT2D eigenvalue weighted by molar-refractivity contribution is 6.43. The third-order valence-corrected chi connectivity index (χ3v) is 7.49. The van der Waals surface area contributed by atoms with E-state index in [1.807, 2.05) is 43.3 Å². The number of halogens is 2. The number of rotatable bonds is 6. The molecule has 2 heterocycles. The van der Waals surface area contributed by atoms with Crippen LogP contribution in [0.2, 0.25) is 10.0 Å². The number of hydrazine groups is 1. The first kappa shape index (κ1) is 23.4. The fraction of sp³-hybridized carbons (Fsp3) is 0.480. The molecule has 32 heavy (non-hydrogen) atoms. The van der Waals surface area contributed by atoms with Crippen LogP contribution in [0.4, 0.5) is 5.69 Å². The minimum atomic E-state index is -0.0128. The fourth-order valence-corrected chi connectivity index (χ4v) is 4.98. The minimum absolute atomic E-state index is 0.0128. The Morgan fingerprint density at radius 3 is 2.34 bits per heavy atom. The standard InChI is InChI=1S/C25H32Cl2N4O/c1-19-5-7-21(8-6-19)25(32)28-31-13-10-20(11-14-31)9-12-29-15-17-30(18-16-29)23-4-2-3-22(26)24(23)27/h2-8,20H,9-18H2,1H3,(H,28,32). The van der Waals surface area contributed by atoms with E-state index in [2.05, 4.69) is 26.3 Å². The summed E-state index contributed by atoms with van der Waals surface area (Å²) in [5.41, 5.74) is 5.99. The summed E-state index contributed by atoms with van der Waals surface area (Å²) in [4.78, 5) is 17.3. The Hall–Kier alpha value is -1.79. The van der Waals surface area contributed by atoms with Crippen LogP contribution in [0.5, 0.6) is 0 Å². The van der Waals surface area contributed by atoms with Gasteiger partial charge in [-0.15, -0.1) is 0 Å². The molecule has 1 amide bonds. The van der Waals surface area contributed by atoms with E-state index in [1.165, 1.54) is 6.42 Å². The lowest BCUT2D eigenvalue weighted by Gasteiger charge is -2.38. The Balaban J connectivity index is 1.15. The predicted molar refractivity (Wildman–Crippen MR) is 133 cm³/mol. The molecule has 5 nitrogen and oxygen atoms in total. The maximum atomic E-state index is 12.4. The van der Waals surface area contributed by atoms with Crippen molar-refractivity contribution in [2.24, 2.45) is 5.92 Å². The highest BCUT2D eigenvalue weighted by atomic mass is 35.5. The number of amides is 1. The molecule has 172 valence electrons. The van der Waals surface area contributed by atoms with E-state index in [1.54, 1.807) is 0 Å². The molecular formula is C25H32Cl2N4O. The molecule has 2 aromatic rings. The Morgan fingerprint density at radius 1 is 0.969 bits per heavy atom. The van der Waals surface area contributed by atoms with Gasteiger partial charge in [-0.25, -0.2) is 5.01 Å². The second kappa shape index (κ2) is 10.9. The second-order valence-electron chi connectivity index (χ2n) is 8.93. The molecule has 7 heteroatoms. The zero-order chi connectivity index (χ0) is 22.5. The molecule has 4 rings (SSSR count). The van der Waals surface area contributed by atoms with Gasteiger partial charge in [-0.05, 0) is 62.9 Å². The SMILES string of the molecule is Cc1ccc(C(=O)NN2CCC(CCN3CCN(c4cccc(Cl)c4Cl)CC3)CC2)cc1. The number of benzene rings is 2. The lowest BCUT2D eigenvalue weighted by molar-refractivity contribution is 0.0687. The van der Waals surface area contributed by atoms with Crippen LogP contribution in [0.1, 0.15) is 35.2 Å². The maximum absolute atomic E-state index is 12.4. The van der Waals surface area contributed by atoms with Crippen molar-refractivity contribution in [3.63, 3.8) is 0 Å². The monoisotopic (exact) mass is 474 g/mol. The molecule has 2 aliphatic rings. The molecule has 0 atom stereocenters. The number of anilines is 1. The van der Waals surface area contributed by atoms with Crippen molar-refractivity contribution in [3.8, 4) is 0 Å². The number of aryl methyl sites for hydroxylation is 1. The zero-order valence-corrected chi connectivity index (χ0v) is 20.2. The minimum Gasteiger partial charge on any atom is -0.368 e. The van der Waals surface area contributed by atoms with Crippen LogP contribution in [-0.4, -0.2) is 61.6 Å². The molecule has 2 fully saturated rings. The summed E-state index contributed by atoms with van der Waals surface area (Å²) >= 11 is 12.6. The fourth-order valence-electron chi connectivity index (χ4n) is 4.56. The van der Waals surface area contributed by atoms with Crippen molar-refractivity contribution in [1.29, 1.82) is 0 Å². The summed E-state index contributed by atoms with van der Waals surface area (Å²) in [5.74, 6) is 0.712. The molecule has 1 N–H and O–H groups in total.